The van der Waals surface area contributed by atoms with Crippen LogP contribution in [0.5, 0.6) is 0 Å². The van der Waals surface area contributed by atoms with Crippen LogP contribution >= 0.6 is 39.1 Å². The molecule has 0 amide bonds. The van der Waals surface area contributed by atoms with Crippen LogP contribution in [0.25, 0.3) is 0 Å². The Kier molecular flexibility index (Phi) is 7.78. The van der Waals surface area contributed by atoms with Crippen LogP contribution in [0.15, 0.2) is 48.5 Å². The third kappa shape index (κ3) is 5.16. The van der Waals surface area contributed by atoms with Crippen molar-refractivity contribution in [2.75, 3.05) is 0 Å². The van der Waals surface area contributed by atoms with Crippen molar-refractivity contribution in [3.8, 4) is 0 Å². The van der Waals surface area contributed by atoms with E-state index in [0.717, 1.165) is 38.5 Å². The van der Waals surface area contributed by atoms with Crippen molar-refractivity contribution >= 4 is 50.6 Å². The Morgan fingerprint density at radius 3 is 1.77 bits per heavy atom. The van der Waals surface area contributed by atoms with Gasteiger partial charge in [-0.15, -0.1) is 0 Å². The van der Waals surface area contributed by atoms with Crippen molar-refractivity contribution in [2.45, 2.75) is 61.3 Å². The number of carbonyl (C=O) groups excluding carboxylic acids is 1. The highest BCUT2D eigenvalue weighted by molar-refractivity contribution is 9.10. The zero-order valence-corrected chi connectivity index (χ0v) is 19.9. The first-order valence-electron chi connectivity index (χ1n) is 10.3. The van der Waals surface area contributed by atoms with Crippen molar-refractivity contribution < 1.29 is 9.90 Å². The van der Waals surface area contributed by atoms with Gasteiger partial charge in [0.1, 0.15) is 5.60 Å². The third-order valence-electron chi connectivity index (χ3n) is 5.96. The fourth-order valence-electron chi connectivity index (χ4n) is 4.17. The molecule has 0 heterocycles. The molecule has 0 saturated heterocycles. The largest absolute Gasteiger partial charge is 0.384 e. The molecule has 6 heteroatoms. The van der Waals surface area contributed by atoms with Crippen LogP contribution in [-0.2, 0) is 0 Å². The summed E-state index contributed by atoms with van der Waals surface area (Å²) in [6, 6.07) is 14.5. The fraction of sp³-hybridized carbons (Fsp3) is 0.417. The number of alkyl halides is 1. The lowest BCUT2D eigenvalue weighted by atomic mass is 9.90. The van der Waals surface area contributed by atoms with E-state index >= 15 is 0 Å². The summed E-state index contributed by atoms with van der Waals surface area (Å²) in [5.74, 6) is 0.130. The molecule has 2 N–H and O–H groups in total. The highest BCUT2D eigenvalue weighted by Gasteiger charge is 2.39. The summed E-state index contributed by atoms with van der Waals surface area (Å²) >= 11 is 15.6. The lowest BCUT2D eigenvalue weighted by Gasteiger charge is -2.23. The van der Waals surface area contributed by atoms with Gasteiger partial charge in [0.15, 0.2) is 5.78 Å². The lowest BCUT2D eigenvalue weighted by molar-refractivity contribution is 0.0948. The maximum atomic E-state index is 12.3. The fourth-order valence-corrected chi connectivity index (χ4v) is 5.40. The van der Waals surface area contributed by atoms with Crippen LogP contribution in [0.2, 0.25) is 10.0 Å². The quantitative estimate of drug-likeness (QED) is 0.258. The van der Waals surface area contributed by atoms with Crippen LogP contribution in [0.4, 0.5) is 0 Å². The van der Waals surface area contributed by atoms with Crippen LogP contribution in [0.3, 0.4) is 0 Å². The molecule has 2 saturated carbocycles. The first-order valence-corrected chi connectivity index (χ1v) is 11.9. The molecule has 0 bridgehead atoms. The van der Waals surface area contributed by atoms with Crippen LogP contribution < -0.4 is 0 Å². The number of benzene rings is 2. The minimum Gasteiger partial charge on any atom is -0.384 e. The van der Waals surface area contributed by atoms with E-state index in [1.54, 1.807) is 24.3 Å². The molecule has 3 nitrogen and oxygen atoms in total. The normalized spacial score (nSPS) is 19.1. The topological polar surface area (TPSA) is 61.1 Å². The molecule has 0 radical (unpaired) electrons. The molecule has 0 atom stereocenters. The SMILES string of the molecule is N=C(c1ccccc1Cl)C1(O)CCCC1.O=C(c1ccccc1Cl)C1(Br)CCCC1. The van der Waals surface area contributed by atoms with Gasteiger partial charge >= 0.3 is 0 Å². The Labute approximate surface area is 196 Å². The second-order valence-electron chi connectivity index (χ2n) is 8.07. The molecule has 0 aromatic heterocycles. The zero-order chi connectivity index (χ0) is 21.8. The van der Waals surface area contributed by atoms with E-state index in [1.165, 1.54) is 0 Å². The number of Topliss-reactive ketones (excluding diaryl/α,β-unsaturated/α-hetero) is 1. The predicted molar refractivity (Wildman–Crippen MR) is 128 cm³/mol. The first-order chi connectivity index (χ1) is 14.3. The van der Waals surface area contributed by atoms with Crippen LogP contribution in [-0.4, -0.2) is 26.5 Å². The molecule has 4 rings (SSSR count). The van der Waals surface area contributed by atoms with Gasteiger partial charge < -0.3 is 10.5 Å². The van der Waals surface area contributed by atoms with Crippen molar-refractivity contribution in [1.82, 2.24) is 0 Å². The molecule has 30 heavy (non-hydrogen) atoms. The Morgan fingerprint density at radius 2 is 1.27 bits per heavy atom. The van der Waals surface area contributed by atoms with Crippen molar-refractivity contribution in [1.29, 1.82) is 5.41 Å². The molecular formula is C24H26BrCl2NO2. The highest BCUT2D eigenvalue weighted by atomic mass is 79.9. The summed E-state index contributed by atoms with van der Waals surface area (Å²) in [7, 11) is 0. The van der Waals surface area contributed by atoms with Gasteiger partial charge in [-0.2, -0.15) is 0 Å². The minimum absolute atomic E-state index is 0.130. The van der Waals surface area contributed by atoms with Gasteiger partial charge in [0.2, 0.25) is 0 Å². The molecule has 2 aromatic carbocycles. The number of rotatable bonds is 4. The Bertz CT molecular complexity index is 843. The maximum Gasteiger partial charge on any atom is 0.181 e. The summed E-state index contributed by atoms with van der Waals surface area (Å²) in [6.45, 7) is 0. The highest BCUT2D eigenvalue weighted by Crippen LogP contribution is 2.41. The van der Waals surface area contributed by atoms with E-state index in [2.05, 4.69) is 15.9 Å². The van der Waals surface area contributed by atoms with E-state index in [9.17, 15) is 9.90 Å². The van der Waals surface area contributed by atoms with Gasteiger partial charge in [-0.1, -0.05) is 95.1 Å². The molecule has 0 aliphatic heterocycles. The van der Waals surface area contributed by atoms with Crippen molar-refractivity contribution in [3.05, 3.63) is 69.7 Å². The summed E-state index contributed by atoms with van der Waals surface area (Å²) in [6.07, 6.45) is 7.39. The minimum atomic E-state index is -0.953. The number of ketones is 1. The standard InChI is InChI=1S/C12H12BrClO.C12H14ClNO/c13-12(7-3-4-8-12)11(15)9-5-1-2-6-10(9)14;13-10-6-2-1-5-9(10)11(14)12(15)7-3-4-8-12/h1-2,5-6H,3-4,7-8H2;1-2,5-6,14-15H,3-4,7-8H2. The molecular weight excluding hydrogens is 485 g/mol. The number of aliphatic hydroxyl groups is 1. The van der Waals surface area contributed by atoms with Gasteiger partial charge in [0.05, 0.1) is 15.1 Å². The molecule has 0 unspecified atom stereocenters. The second kappa shape index (κ2) is 9.95. The number of nitrogens with one attached hydrogen (secondary N) is 1. The molecule has 2 aliphatic carbocycles. The van der Waals surface area contributed by atoms with Crippen molar-refractivity contribution in [2.24, 2.45) is 0 Å². The third-order valence-corrected chi connectivity index (χ3v) is 7.77. The Balaban J connectivity index is 0.000000171. The van der Waals surface area contributed by atoms with E-state index in [0.29, 0.717) is 34.0 Å². The summed E-state index contributed by atoms with van der Waals surface area (Å²) < 4.78 is -0.363. The van der Waals surface area contributed by atoms with Crippen LogP contribution in [0, 0.1) is 5.41 Å². The predicted octanol–water partition coefficient (Wildman–Crippen LogP) is 7.24. The van der Waals surface area contributed by atoms with E-state index in [4.69, 9.17) is 28.6 Å². The summed E-state index contributed by atoms with van der Waals surface area (Å²) in [5, 5.41) is 19.4. The number of hydrogen-bond donors (Lipinski definition) is 2. The smallest absolute Gasteiger partial charge is 0.181 e. The molecule has 2 aromatic rings. The Morgan fingerprint density at radius 1 is 0.833 bits per heavy atom. The maximum absolute atomic E-state index is 12.3. The van der Waals surface area contributed by atoms with Gasteiger partial charge in [-0.3, -0.25) is 4.79 Å². The summed E-state index contributed by atoms with van der Waals surface area (Å²) in [5.41, 5.74) is 0.609. The van der Waals surface area contributed by atoms with Crippen LogP contribution in [0.1, 0.15) is 67.3 Å². The first kappa shape index (κ1) is 23.5. The van der Waals surface area contributed by atoms with E-state index < -0.39 is 5.60 Å². The average Bonchev–Trinajstić information content (AvgIpc) is 3.38. The molecule has 2 aliphatic rings. The second-order valence-corrected chi connectivity index (χ2v) is 10.4. The Hall–Kier alpha value is -1.20. The number of halogens is 3. The monoisotopic (exact) mass is 509 g/mol. The van der Waals surface area contributed by atoms with Gasteiger partial charge in [-0.05, 0) is 43.9 Å². The van der Waals surface area contributed by atoms with Gasteiger partial charge in [0, 0.05) is 16.1 Å². The van der Waals surface area contributed by atoms with E-state index in [1.807, 2.05) is 24.3 Å². The van der Waals surface area contributed by atoms with Crippen molar-refractivity contribution in [3.63, 3.8) is 0 Å². The van der Waals surface area contributed by atoms with E-state index in [-0.39, 0.29) is 15.8 Å². The van der Waals surface area contributed by atoms with Gasteiger partial charge in [0.25, 0.3) is 0 Å². The average molecular weight is 511 g/mol. The molecule has 160 valence electrons. The zero-order valence-electron chi connectivity index (χ0n) is 16.8. The lowest BCUT2D eigenvalue weighted by Crippen LogP contribution is -2.35. The molecule has 2 fully saturated rings. The summed E-state index contributed by atoms with van der Waals surface area (Å²) in [4.78, 5) is 12.3. The van der Waals surface area contributed by atoms with Gasteiger partial charge in [-0.25, -0.2) is 0 Å². The molecule has 0 spiro atoms. The number of hydrogen-bond acceptors (Lipinski definition) is 3. The number of carbonyl (C=O) groups is 1.